The van der Waals surface area contributed by atoms with Crippen LogP contribution in [0, 0.1) is 0 Å². The highest BCUT2D eigenvalue weighted by molar-refractivity contribution is 7.26. The highest BCUT2D eigenvalue weighted by Crippen LogP contribution is 2.42. The summed E-state index contributed by atoms with van der Waals surface area (Å²) in [7, 11) is 0. The smallest absolute Gasteiger partial charge is 0.227 e. The van der Waals surface area contributed by atoms with E-state index in [1.807, 2.05) is 65.9 Å². The SMILES string of the molecule is c1ccc(-c2nc(-c3ccc(-c4cccc5c4sc4ccccc45)cc3)nc(-c3cccc4sc5cc(-c6nc7ccccc7o6)ccc5c34)n2)cc1. The van der Waals surface area contributed by atoms with Gasteiger partial charge in [-0.05, 0) is 47.5 Å². The molecule has 0 aliphatic heterocycles. The Morgan fingerprint density at radius 3 is 1.92 bits per heavy atom. The fraction of sp³-hybridized carbons (Fsp3) is 0. The Morgan fingerprint density at radius 2 is 1.06 bits per heavy atom. The highest BCUT2D eigenvalue weighted by Gasteiger charge is 2.19. The summed E-state index contributed by atoms with van der Waals surface area (Å²) < 4.78 is 11.0. The van der Waals surface area contributed by atoms with Crippen LogP contribution in [0.4, 0.5) is 0 Å². The lowest BCUT2D eigenvalue weighted by Crippen LogP contribution is -2.00. The minimum absolute atomic E-state index is 0.618. The molecule has 4 heterocycles. The molecule has 0 amide bonds. The first-order valence-electron chi connectivity index (χ1n) is 17.4. The molecular weight excluding hydrogens is 689 g/mol. The molecule has 11 rings (SSSR count). The summed E-state index contributed by atoms with van der Waals surface area (Å²) in [5, 5.41) is 4.86. The van der Waals surface area contributed by atoms with Crippen LogP contribution in [0.2, 0.25) is 0 Å². The van der Waals surface area contributed by atoms with Gasteiger partial charge < -0.3 is 4.42 Å². The van der Waals surface area contributed by atoms with Gasteiger partial charge in [-0.2, -0.15) is 0 Å². The standard InChI is InChI=1S/C46H26N4OS2/c1-2-10-28(11-3-1)43-48-44(29-22-20-27(21-23-29)31-13-8-14-33-32-12-4-7-18-38(32)53-42(31)33)50-45(49-43)35-15-9-19-39-41(35)34-25-24-30(26-40(34)52-39)46-47-36-16-5-6-17-37(36)51-46/h1-26H. The van der Waals surface area contributed by atoms with Crippen LogP contribution in [0.25, 0.3) is 108 Å². The van der Waals surface area contributed by atoms with Gasteiger partial charge in [0.1, 0.15) is 5.52 Å². The van der Waals surface area contributed by atoms with E-state index in [0.29, 0.717) is 23.4 Å². The van der Waals surface area contributed by atoms with Gasteiger partial charge in [0.25, 0.3) is 0 Å². The molecule has 0 unspecified atom stereocenters. The summed E-state index contributed by atoms with van der Waals surface area (Å²) in [5.41, 5.74) is 7.81. The Balaban J connectivity index is 1.04. The lowest BCUT2D eigenvalue weighted by Gasteiger charge is -2.10. The van der Waals surface area contributed by atoms with Crippen LogP contribution in [0.3, 0.4) is 0 Å². The molecule has 11 aromatic rings. The number of aromatic nitrogens is 4. The van der Waals surface area contributed by atoms with E-state index in [1.54, 1.807) is 11.3 Å². The van der Waals surface area contributed by atoms with Crippen molar-refractivity contribution in [2.45, 2.75) is 0 Å². The summed E-state index contributed by atoms with van der Waals surface area (Å²) in [6.45, 7) is 0. The number of nitrogens with zero attached hydrogens (tertiary/aromatic N) is 4. The summed E-state index contributed by atoms with van der Waals surface area (Å²) in [4.78, 5) is 20.1. The van der Waals surface area contributed by atoms with Gasteiger partial charge in [-0.1, -0.05) is 121 Å². The molecule has 0 bridgehead atoms. The van der Waals surface area contributed by atoms with Crippen LogP contribution in [0.5, 0.6) is 0 Å². The van der Waals surface area contributed by atoms with Crippen molar-refractivity contribution < 1.29 is 4.42 Å². The summed E-state index contributed by atoms with van der Waals surface area (Å²) >= 11 is 3.59. The van der Waals surface area contributed by atoms with Gasteiger partial charge in [0, 0.05) is 62.6 Å². The second kappa shape index (κ2) is 12.0. The van der Waals surface area contributed by atoms with Crippen molar-refractivity contribution in [2.24, 2.45) is 0 Å². The molecule has 0 atom stereocenters. The van der Waals surface area contributed by atoms with Gasteiger partial charge in [-0.25, -0.2) is 19.9 Å². The third-order valence-corrected chi connectivity index (χ3v) is 12.1. The van der Waals surface area contributed by atoms with Crippen LogP contribution in [0.15, 0.2) is 162 Å². The number of fused-ring (bicyclic) bond motifs is 7. The fourth-order valence-electron chi connectivity index (χ4n) is 7.26. The molecule has 53 heavy (non-hydrogen) atoms. The molecule has 0 saturated carbocycles. The minimum atomic E-state index is 0.618. The summed E-state index contributed by atoms with van der Waals surface area (Å²) in [5.74, 6) is 2.53. The van der Waals surface area contributed by atoms with Crippen LogP contribution >= 0.6 is 22.7 Å². The van der Waals surface area contributed by atoms with Crippen molar-refractivity contribution in [3.8, 4) is 56.7 Å². The van der Waals surface area contributed by atoms with E-state index in [-0.39, 0.29) is 0 Å². The summed E-state index contributed by atoms with van der Waals surface area (Å²) in [6.07, 6.45) is 0. The second-order valence-electron chi connectivity index (χ2n) is 13.0. The van der Waals surface area contributed by atoms with E-state index in [0.717, 1.165) is 59.1 Å². The number of para-hydroxylation sites is 2. The first-order valence-corrected chi connectivity index (χ1v) is 19.0. The van der Waals surface area contributed by atoms with Gasteiger partial charge in [0.05, 0.1) is 0 Å². The van der Waals surface area contributed by atoms with Gasteiger partial charge in [0.15, 0.2) is 23.1 Å². The van der Waals surface area contributed by atoms with Crippen LogP contribution in [-0.4, -0.2) is 19.9 Å². The van der Waals surface area contributed by atoms with E-state index in [4.69, 9.17) is 24.4 Å². The molecule has 7 aromatic carbocycles. The third-order valence-electron chi connectivity index (χ3n) is 9.80. The molecular formula is C46H26N4OS2. The predicted molar refractivity (Wildman–Crippen MR) is 220 cm³/mol. The van der Waals surface area contributed by atoms with Gasteiger partial charge in [0.2, 0.25) is 5.89 Å². The maximum absolute atomic E-state index is 6.11. The molecule has 0 radical (unpaired) electrons. The molecule has 0 fully saturated rings. The average molecular weight is 715 g/mol. The first-order chi connectivity index (χ1) is 26.2. The monoisotopic (exact) mass is 714 g/mol. The fourth-order valence-corrected chi connectivity index (χ4v) is 9.67. The lowest BCUT2D eigenvalue weighted by atomic mass is 10.0. The van der Waals surface area contributed by atoms with Crippen molar-refractivity contribution in [3.63, 3.8) is 0 Å². The zero-order valence-corrected chi connectivity index (χ0v) is 29.7. The number of thiophene rings is 2. The average Bonchev–Trinajstić information content (AvgIpc) is 3.94. The normalized spacial score (nSPS) is 11.8. The minimum Gasteiger partial charge on any atom is -0.436 e. The van der Waals surface area contributed by atoms with Crippen LogP contribution < -0.4 is 0 Å². The zero-order chi connectivity index (χ0) is 34.9. The molecule has 4 aromatic heterocycles. The van der Waals surface area contributed by atoms with Crippen molar-refractivity contribution in [1.29, 1.82) is 0 Å². The molecule has 0 aliphatic carbocycles. The Bertz CT molecular complexity index is 3150. The lowest BCUT2D eigenvalue weighted by molar-refractivity contribution is 0.620. The largest absolute Gasteiger partial charge is 0.436 e. The van der Waals surface area contributed by atoms with Crippen molar-refractivity contribution in [2.75, 3.05) is 0 Å². The number of hydrogen-bond donors (Lipinski definition) is 0. The molecule has 0 N–H and O–H groups in total. The van der Waals surface area contributed by atoms with Gasteiger partial charge in [-0.15, -0.1) is 22.7 Å². The summed E-state index contributed by atoms with van der Waals surface area (Å²) in [6, 6.07) is 54.6. The number of benzene rings is 7. The number of oxazole rings is 1. The maximum Gasteiger partial charge on any atom is 0.227 e. The maximum atomic E-state index is 6.11. The third kappa shape index (κ3) is 5.04. The number of hydrogen-bond acceptors (Lipinski definition) is 7. The molecule has 7 heteroatoms. The van der Waals surface area contributed by atoms with E-state index < -0.39 is 0 Å². The molecule has 0 aliphatic rings. The molecule has 248 valence electrons. The molecule has 0 spiro atoms. The van der Waals surface area contributed by atoms with Crippen molar-refractivity contribution in [3.05, 3.63) is 158 Å². The Labute approximate surface area is 311 Å². The number of rotatable bonds is 5. The highest BCUT2D eigenvalue weighted by atomic mass is 32.1. The Morgan fingerprint density at radius 1 is 0.396 bits per heavy atom. The van der Waals surface area contributed by atoms with E-state index in [2.05, 4.69) is 103 Å². The Kier molecular flexibility index (Phi) is 6.83. The molecule has 0 saturated heterocycles. The van der Waals surface area contributed by atoms with Crippen LogP contribution in [0.1, 0.15) is 0 Å². The first kappa shape index (κ1) is 30.1. The van der Waals surface area contributed by atoms with Gasteiger partial charge >= 0.3 is 0 Å². The van der Waals surface area contributed by atoms with Crippen molar-refractivity contribution in [1.82, 2.24) is 19.9 Å². The molecule has 5 nitrogen and oxygen atoms in total. The second-order valence-corrected chi connectivity index (χ2v) is 15.1. The van der Waals surface area contributed by atoms with E-state index in [1.165, 1.54) is 25.7 Å². The zero-order valence-electron chi connectivity index (χ0n) is 28.0. The van der Waals surface area contributed by atoms with Crippen molar-refractivity contribution >= 4 is 74.1 Å². The topological polar surface area (TPSA) is 64.7 Å². The predicted octanol–water partition coefficient (Wildman–Crippen LogP) is 13.1. The van der Waals surface area contributed by atoms with Crippen LogP contribution in [-0.2, 0) is 0 Å². The Hall–Kier alpha value is -6.54. The van der Waals surface area contributed by atoms with E-state index >= 15 is 0 Å². The van der Waals surface area contributed by atoms with E-state index in [9.17, 15) is 0 Å². The quantitative estimate of drug-likeness (QED) is 0.178. The van der Waals surface area contributed by atoms with Gasteiger partial charge in [-0.3, -0.25) is 0 Å².